The third kappa shape index (κ3) is 3.64. The van der Waals surface area contributed by atoms with Gasteiger partial charge in [-0.15, -0.1) is 0 Å². The summed E-state index contributed by atoms with van der Waals surface area (Å²) in [6.45, 7) is 2.65. The summed E-state index contributed by atoms with van der Waals surface area (Å²) in [6.07, 6.45) is 0. The summed E-state index contributed by atoms with van der Waals surface area (Å²) in [5, 5.41) is 2.31. The van der Waals surface area contributed by atoms with Crippen LogP contribution in [0.5, 0.6) is 11.5 Å². The van der Waals surface area contributed by atoms with Crippen molar-refractivity contribution < 1.29 is 9.47 Å². The molecule has 0 fully saturated rings. The molecule has 0 aliphatic carbocycles. The molecule has 3 rings (SSSR count). The fourth-order valence-corrected chi connectivity index (χ4v) is 2.37. The predicted molar refractivity (Wildman–Crippen MR) is 94.1 cm³/mol. The lowest BCUT2D eigenvalue weighted by molar-refractivity contribution is 0.340. The highest BCUT2D eigenvalue weighted by Crippen LogP contribution is 2.21. The van der Waals surface area contributed by atoms with Crippen LogP contribution in [0, 0.1) is 11.8 Å². The minimum atomic E-state index is 0.674. The summed E-state index contributed by atoms with van der Waals surface area (Å²) >= 11 is 0. The van der Waals surface area contributed by atoms with Crippen LogP contribution in [-0.4, -0.2) is 13.7 Å². The molecule has 0 saturated carbocycles. The van der Waals surface area contributed by atoms with Gasteiger partial charge in [0.25, 0.3) is 0 Å². The van der Waals surface area contributed by atoms with Crippen molar-refractivity contribution >= 4 is 10.8 Å². The fraction of sp³-hybridized carbons (Fsp3) is 0.143. The highest BCUT2D eigenvalue weighted by atomic mass is 16.5. The van der Waals surface area contributed by atoms with Gasteiger partial charge in [-0.25, -0.2) is 0 Å². The molecule has 0 spiro atoms. The van der Waals surface area contributed by atoms with Gasteiger partial charge in [-0.05, 0) is 66.2 Å². The third-order valence-corrected chi connectivity index (χ3v) is 3.56. The first-order valence-electron chi connectivity index (χ1n) is 7.61. The highest BCUT2D eigenvalue weighted by Gasteiger charge is 1.97. The molecule has 3 aromatic carbocycles. The summed E-state index contributed by atoms with van der Waals surface area (Å²) in [5.74, 6) is 8.14. The Bertz CT molecular complexity index is 868. The van der Waals surface area contributed by atoms with Crippen LogP contribution in [0.2, 0.25) is 0 Å². The molecule has 3 aromatic rings. The average molecular weight is 302 g/mol. The van der Waals surface area contributed by atoms with E-state index in [0.717, 1.165) is 33.4 Å². The SMILES string of the molecule is CCOc1ccc(C#Cc2ccc3cc(OC)ccc3c2)cc1. The van der Waals surface area contributed by atoms with Crippen LogP contribution >= 0.6 is 0 Å². The van der Waals surface area contributed by atoms with Gasteiger partial charge in [0, 0.05) is 11.1 Å². The molecular weight excluding hydrogens is 284 g/mol. The van der Waals surface area contributed by atoms with Crippen LogP contribution in [0.25, 0.3) is 10.8 Å². The Morgan fingerprint density at radius 3 is 2.09 bits per heavy atom. The van der Waals surface area contributed by atoms with Crippen molar-refractivity contribution in [3.8, 4) is 23.3 Å². The molecule has 0 saturated heterocycles. The monoisotopic (exact) mass is 302 g/mol. The van der Waals surface area contributed by atoms with Crippen molar-refractivity contribution in [2.75, 3.05) is 13.7 Å². The predicted octanol–water partition coefficient (Wildman–Crippen LogP) is 4.65. The van der Waals surface area contributed by atoms with Crippen molar-refractivity contribution in [2.45, 2.75) is 6.92 Å². The lowest BCUT2D eigenvalue weighted by Gasteiger charge is -2.03. The molecule has 114 valence electrons. The summed E-state index contributed by atoms with van der Waals surface area (Å²) in [6, 6.07) is 20.1. The van der Waals surface area contributed by atoms with Crippen LogP contribution in [0.4, 0.5) is 0 Å². The molecule has 0 aromatic heterocycles. The van der Waals surface area contributed by atoms with Gasteiger partial charge in [-0.2, -0.15) is 0 Å². The van der Waals surface area contributed by atoms with Crippen molar-refractivity contribution in [1.82, 2.24) is 0 Å². The minimum Gasteiger partial charge on any atom is -0.497 e. The van der Waals surface area contributed by atoms with Crippen molar-refractivity contribution in [2.24, 2.45) is 0 Å². The average Bonchev–Trinajstić information content (AvgIpc) is 2.61. The number of ether oxygens (including phenoxy) is 2. The van der Waals surface area contributed by atoms with Crippen LogP contribution in [0.3, 0.4) is 0 Å². The van der Waals surface area contributed by atoms with Crippen LogP contribution in [0.1, 0.15) is 18.1 Å². The summed E-state index contributed by atoms with van der Waals surface area (Å²) in [5.41, 5.74) is 1.97. The Hall–Kier alpha value is -2.92. The molecule has 0 bridgehead atoms. The topological polar surface area (TPSA) is 18.5 Å². The zero-order valence-electron chi connectivity index (χ0n) is 13.3. The molecule has 0 aliphatic heterocycles. The van der Waals surface area contributed by atoms with Gasteiger partial charge in [-0.3, -0.25) is 0 Å². The number of rotatable bonds is 3. The smallest absolute Gasteiger partial charge is 0.119 e. The Morgan fingerprint density at radius 1 is 0.739 bits per heavy atom. The fourth-order valence-electron chi connectivity index (χ4n) is 2.37. The van der Waals surface area contributed by atoms with E-state index in [1.165, 1.54) is 0 Å². The largest absolute Gasteiger partial charge is 0.497 e. The van der Waals surface area contributed by atoms with E-state index < -0.39 is 0 Å². The minimum absolute atomic E-state index is 0.674. The lowest BCUT2D eigenvalue weighted by Crippen LogP contribution is -1.90. The summed E-state index contributed by atoms with van der Waals surface area (Å²) in [7, 11) is 1.68. The quantitative estimate of drug-likeness (QED) is 0.656. The molecule has 0 N–H and O–H groups in total. The number of fused-ring (bicyclic) bond motifs is 1. The standard InChI is InChI=1S/C21H18O2/c1-3-23-20-11-7-16(8-12-20)4-5-17-6-9-19-15-21(22-2)13-10-18(19)14-17/h6-15H,3H2,1-2H3. The number of hydrogen-bond donors (Lipinski definition) is 0. The zero-order chi connectivity index (χ0) is 16.1. The maximum Gasteiger partial charge on any atom is 0.119 e. The molecule has 2 nitrogen and oxygen atoms in total. The first kappa shape index (κ1) is 15.0. The van der Waals surface area contributed by atoms with E-state index in [9.17, 15) is 0 Å². The van der Waals surface area contributed by atoms with Gasteiger partial charge in [-0.1, -0.05) is 24.0 Å². The molecule has 0 radical (unpaired) electrons. The second-order valence-corrected chi connectivity index (χ2v) is 5.14. The Morgan fingerprint density at radius 2 is 1.35 bits per heavy atom. The molecular formula is C21H18O2. The van der Waals surface area contributed by atoms with E-state index in [1.807, 2.05) is 49.4 Å². The van der Waals surface area contributed by atoms with Gasteiger partial charge in [0.15, 0.2) is 0 Å². The number of methoxy groups -OCH3 is 1. The van der Waals surface area contributed by atoms with Crippen LogP contribution in [0.15, 0.2) is 60.7 Å². The molecule has 2 heteroatoms. The zero-order valence-corrected chi connectivity index (χ0v) is 13.3. The number of hydrogen-bond acceptors (Lipinski definition) is 2. The van der Waals surface area contributed by atoms with E-state index in [0.29, 0.717) is 6.61 Å². The normalized spacial score (nSPS) is 10.0. The molecule has 0 unspecified atom stereocenters. The maximum absolute atomic E-state index is 5.43. The maximum atomic E-state index is 5.43. The van der Waals surface area contributed by atoms with E-state index in [1.54, 1.807) is 7.11 Å². The Labute approximate surface area is 136 Å². The lowest BCUT2D eigenvalue weighted by atomic mass is 10.1. The van der Waals surface area contributed by atoms with E-state index >= 15 is 0 Å². The molecule has 0 aliphatic rings. The van der Waals surface area contributed by atoms with Crippen LogP contribution in [-0.2, 0) is 0 Å². The molecule has 0 heterocycles. The van der Waals surface area contributed by atoms with Gasteiger partial charge in [0.1, 0.15) is 11.5 Å². The first-order valence-corrected chi connectivity index (χ1v) is 7.61. The molecule has 0 amide bonds. The van der Waals surface area contributed by atoms with Crippen molar-refractivity contribution in [3.63, 3.8) is 0 Å². The van der Waals surface area contributed by atoms with Crippen molar-refractivity contribution in [3.05, 3.63) is 71.8 Å². The molecule has 23 heavy (non-hydrogen) atoms. The van der Waals surface area contributed by atoms with E-state index in [4.69, 9.17) is 9.47 Å². The second kappa shape index (κ2) is 6.89. The third-order valence-electron chi connectivity index (χ3n) is 3.56. The van der Waals surface area contributed by atoms with Gasteiger partial charge in [0.05, 0.1) is 13.7 Å². The van der Waals surface area contributed by atoms with Gasteiger partial charge < -0.3 is 9.47 Å². The van der Waals surface area contributed by atoms with Crippen molar-refractivity contribution in [1.29, 1.82) is 0 Å². The van der Waals surface area contributed by atoms with Gasteiger partial charge >= 0.3 is 0 Å². The van der Waals surface area contributed by atoms with E-state index in [2.05, 4.69) is 30.0 Å². The number of benzene rings is 3. The van der Waals surface area contributed by atoms with E-state index in [-0.39, 0.29) is 0 Å². The van der Waals surface area contributed by atoms with Crippen LogP contribution < -0.4 is 9.47 Å². The molecule has 0 atom stereocenters. The van der Waals surface area contributed by atoms with Gasteiger partial charge in [0.2, 0.25) is 0 Å². The second-order valence-electron chi connectivity index (χ2n) is 5.14. The Kier molecular flexibility index (Phi) is 4.49. The summed E-state index contributed by atoms with van der Waals surface area (Å²) < 4.78 is 10.7. The first-order chi connectivity index (χ1) is 11.3. The Balaban J connectivity index is 1.84. The summed E-state index contributed by atoms with van der Waals surface area (Å²) in [4.78, 5) is 0. The highest BCUT2D eigenvalue weighted by molar-refractivity contribution is 5.85.